The van der Waals surface area contributed by atoms with Gasteiger partial charge in [0.2, 0.25) is 0 Å². The number of hydrogen-bond donors (Lipinski definition) is 2. The molecule has 3 N–H and O–H groups in total. The van der Waals surface area contributed by atoms with Gasteiger partial charge < -0.3 is 10.5 Å². The fraction of sp³-hybridized carbons (Fsp3) is 0.182. The second-order valence-corrected chi connectivity index (χ2v) is 3.51. The van der Waals surface area contributed by atoms with E-state index in [2.05, 4.69) is 10.2 Å². The number of nitrogen functional groups attached to an aromatic ring is 1. The third-order valence-electron chi connectivity index (χ3n) is 2.42. The molecule has 0 radical (unpaired) electrons. The van der Waals surface area contributed by atoms with Gasteiger partial charge in [-0.2, -0.15) is 5.10 Å². The Balaban J connectivity index is 2.59. The molecule has 2 rings (SSSR count). The Morgan fingerprint density at radius 1 is 1.44 bits per heavy atom. The summed E-state index contributed by atoms with van der Waals surface area (Å²) in [6.07, 6.45) is 1.60. The van der Waals surface area contributed by atoms with Crippen LogP contribution in [0.5, 0.6) is 5.75 Å². The van der Waals surface area contributed by atoms with Gasteiger partial charge in [0, 0.05) is 5.56 Å². The first-order valence-corrected chi connectivity index (χ1v) is 4.77. The molecule has 0 unspecified atom stereocenters. The quantitative estimate of drug-likeness (QED) is 0.816. The number of nitrogens with zero attached hydrogens (tertiary/aromatic N) is 1. The van der Waals surface area contributed by atoms with E-state index in [1.165, 1.54) is 7.11 Å². The van der Waals surface area contributed by atoms with Gasteiger partial charge in [-0.05, 0) is 30.2 Å². The number of ether oxygens (including phenoxy) is 1. The van der Waals surface area contributed by atoms with Crippen LogP contribution in [0.15, 0.2) is 18.3 Å². The Kier molecular flexibility index (Phi) is 2.52. The number of nitrogens with two attached hydrogens (primary N) is 1. The van der Waals surface area contributed by atoms with Crippen LogP contribution in [0.3, 0.4) is 0 Å². The number of aromatic nitrogens is 2. The van der Waals surface area contributed by atoms with Crippen LogP contribution in [0.2, 0.25) is 0 Å². The minimum atomic E-state index is -0.353. The van der Waals surface area contributed by atoms with Gasteiger partial charge in [0.15, 0.2) is 11.6 Å². The molecule has 1 aromatic carbocycles. The summed E-state index contributed by atoms with van der Waals surface area (Å²) in [6.45, 7) is 1.68. The van der Waals surface area contributed by atoms with E-state index >= 15 is 0 Å². The molecular formula is C11H12FN3O. The molecule has 1 aromatic heterocycles. The molecular weight excluding hydrogens is 209 g/mol. The zero-order chi connectivity index (χ0) is 11.7. The highest BCUT2D eigenvalue weighted by Gasteiger charge is 2.11. The average molecular weight is 221 g/mol. The number of nitrogens with one attached hydrogen (secondary N) is 1. The zero-order valence-corrected chi connectivity index (χ0v) is 9.04. The van der Waals surface area contributed by atoms with Crippen molar-refractivity contribution >= 4 is 5.82 Å². The van der Waals surface area contributed by atoms with Crippen molar-refractivity contribution in [3.63, 3.8) is 0 Å². The highest BCUT2D eigenvalue weighted by Crippen LogP contribution is 2.30. The monoisotopic (exact) mass is 221 g/mol. The van der Waals surface area contributed by atoms with E-state index in [0.717, 1.165) is 11.1 Å². The number of H-pyrrole nitrogens is 1. The lowest BCUT2D eigenvalue weighted by Gasteiger charge is -2.07. The molecule has 0 atom stereocenters. The van der Waals surface area contributed by atoms with Crippen LogP contribution in [-0.4, -0.2) is 17.3 Å². The molecule has 0 fully saturated rings. The van der Waals surface area contributed by atoms with Crippen molar-refractivity contribution in [1.82, 2.24) is 10.2 Å². The predicted molar refractivity (Wildman–Crippen MR) is 59.7 cm³/mol. The van der Waals surface area contributed by atoms with E-state index in [1.807, 2.05) is 0 Å². The van der Waals surface area contributed by atoms with Gasteiger partial charge in [0.05, 0.1) is 13.3 Å². The van der Waals surface area contributed by atoms with Crippen LogP contribution in [0.4, 0.5) is 10.2 Å². The van der Waals surface area contributed by atoms with Gasteiger partial charge in [-0.3, -0.25) is 5.10 Å². The van der Waals surface area contributed by atoms with Crippen LogP contribution in [0.25, 0.3) is 11.1 Å². The Bertz CT molecular complexity index is 522. The van der Waals surface area contributed by atoms with Crippen LogP contribution in [-0.2, 0) is 0 Å². The Morgan fingerprint density at radius 3 is 2.75 bits per heavy atom. The summed E-state index contributed by atoms with van der Waals surface area (Å²) in [5, 5.41) is 6.45. The molecule has 2 aromatic rings. The third kappa shape index (κ3) is 1.60. The number of methoxy groups -OCH3 is 1. The molecule has 4 nitrogen and oxygen atoms in total. The molecule has 0 bridgehead atoms. The number of aryl methyl sites for hydroxylation is 1. The molecule has 16 heavy (non-hydrogen) atoms. The smallest absolute Gasteiger partial charge is 0.167 e. The summed E-state index contributed by atoms with van der Waals surface area (Å²) >= 11 is 0. The van der Waals surface area contributed by atoms with E-state index in [9.17, 15) is 4.39 Å². The molecule has 1 heterocycles. The topological polar surface area (TPSA) is 63.9 Å². The number of anilines is 1. The van der Waals surface area contributed by atoms with Gasteiger partial charge in [0.1, 0.15) is 5.82 Å². The number of aromatic amines is 1. The summed E-state index contributed by atoms with van der Waals surface area (Å²) in [4.78, 5) is 0. The standard InChI is InChI=1S/C11H12FN3O/c1-6-3-7(4-9(16-2)10(6)12)8-5-14-15-11(8)13/h3-5H,1-2H3,(H3,13,14,15). The largest absolute Gasteiger partial charge is 0.494 e. The van der Waals surface area contributed by atoms with Gasteiger partial charge >= 0.3 is 0 Å². The molecule has 84 valence electrons. The molecule has 0 aliphatic rings. The SMILES string of the molecule is COc1cc(-c2cn[nH]c2N)cc(C)c1F. The van der Waals surface area contributed by atoms with Crippen LogP contribution >= 0.6 is 0 Å². The second-order valence-electron chi connectivity index (χ2n) is 3.51. The summed E-state index contributed by atoms with van der Waals surface area (Å²) in [6, 6.07) is 3.31. The van der Waals surface area contributed by atoms with Crippen molar-refractivity contribution in [3.8, 4) is 16.9 Å². The van der Waals surface area contributed by atoms with E-state index in [4.69, 9.17) is 10.5 Å². The van der Waals surface area contributed by atoms with Crippen molar-refractivity contribution in [3.05, 3.63) is 29.7 Å². The number of hydrogen-bond acceptors (Lipinski definition) is 3. The summed E-state index contributed by atoms with van der Waals surface area (Å²) < 4.78 is 18.5. The van der Waals surface area contributed by atoms with Crippen molar-refractivity contribution in [2.45, 2.75) is 6.92 Å². The van der Waals surface area contributed by atoms with E-state index in [1.54, 1.807) is 25.3 Å². The summed E-state index contributed by atoms with van der Waals surface area (Å²) in [5.41, 5.74) is 7.73. The van der Waals surface area contributed by atoms with Gasteiger partial charge in [-0.25, -0.2) is 4.39 Å². The second kappa shape index (κ2) is 3.84. The van der Waals surface area contributed by atoms with E-state index in [-0.39, 0.29) is 11.6 Å². The van der Waals surface area contributed by atoms with Gasteiger partial charge in [-0.1, -0.05) is 0 Å². The van der Waals surface area contributed by atoms with Crippen molar-refractivity contribution in [2.24, 2.45) is 0 Å². The number of halogens is 1. The highest BCUT2D eigenvalue weighted by molar-refractivity contribution is 5.74. The lowest BCUT2D eigenvalue weighted by Crippen LogP contribution is -1.94. The first-order chi connectivity index (χ1) is 7.63. The van der Waals surface area contributed by atoms with Crippen LogP contribution in [0.1, 0.15) is 5.56 Å². The van der Waals surface area contributed by atoms with Crippen molar-refractivity contribution in [2.75, 3.05) is 12.8 Å². The Morgan fingerprint density at radius 2 is 2.19 bits per heavy atom. The zero-order valence-electron chi connectivity index (χ0n) is 9.04. The number of benzene rings is 1. The molecule has 0 aliphatic carbocycles. The van der Waals surface area contributed by atoms with E-state index in [0.29, 0.717) is 11.4 Å². The van der Waals surface area contributed by atoms with Crippen LogP contribution < -0.4 is 10.5 Å². The molecule has 0 saturated heterocycles. The molecule has 0 saturated carbocycles. The lowest BCUT2D eigenvalue weighted by molar-refractivity contribution is 0.385. The molecule has 0 spiro atoms. The normalized spacial score (nSPS) is 10.4. The molecule has 5 heteroatoms. The lowest BCUT2D eigenvalue weighted by atomic mass is 10.0. The van der Waals surface area contributed by atoms with Gasteiger partial charge in [-0.15, -0.1) is 0 Å². The predicted octanol–water partition coefficient (Wildman–Crippen LogP) is 2.12. The van der Waals surface area contributed by atoms with Crippen molar-refractivity contribution < 1.29 is 9.13 Å². The first-order valence-electron chi connectivity index (χ1n) is 4.77. The number of rotatable bonds is 2. The maximum atomic E-state index is 13.5. The first kappa shape index (κ1) is 10.5. The van der Waals surface area contributed by atoms with Crippen LogP contribution in [0, 0.1) is 12.7 Å². The minimum Gasteiger partial charge on any atom is -0.494 e. The molecule has 0 amide bonds. The fourth-order valence-corrected chi connectivity index (χ4v) is 1.57. The Hall–Kier alpha value is -2.04. The maximum Gasteiger partial charge on any atom is 0.167 e. The Labute approximate surface area is 92.2 Å². The van der Waals surface area contributed by atoms with Gasteiger partial charge in [0.25, 0.3) is 0 Å². The highest BCUT2D eigenvalue weighted by atomic mass is 19.1. The van der Waals surface area contributed by atoms with E-state index < -0.39 is 0 Å². The third-order valence-corrected chi connectivity index (χ3v) is 2.42. The van der Waals surface area contributed by atoms with Crippen molar-refractivity contribution in [1.29, 1.82) is 0 Å². The summed E-state index contributed by atoms with van der Waals surface area (Å²) in [5.74, 6) is 0.303. The summed E-state index contributed by atoms with van der Waals surface area (Å²) in [7, 11) is 1.43. The molecule has 0 aliphatic heterocycles. The average Bonchev–Trinajstić information content (AvgIpc) is 2.68. The fourth-order valence-electron chi connectivity index (χ4n) is 1.57. The minimum absolute atomic E-state index is 0.204. The maximum absolute atomic E-state index is 13.5.